The van der Waals surface area contributed by atoms with Crippen LogP contribution < -0.4 is 10.6 Å². The van der Waals surface area contributed by atoms with Crippen LogP contribution in [-0.2, 0) is 4.74 Å². The van der Waals surface area contributed by atoms with Crippen LogP contribution in [0.2, 0.25) is 0 Å². The number of alkyl carbamates (subject to hydrolysis) is 1. The molecule has 0 fully saturated rings. The normalized spacial score (nSPS) is 18.2. The highest BCUT2D eigenvalue weighted by Crippen LogP contribution is 2.12. The first-order valence-electron chi connectivity index (χ1n) is 6.25. The van der Waals surface area contributed by atoms with Crippen LogP contribution in [-0.4, -0.2) is 30.8 Å². The maximum atomic E-state index is 11.5. The Morgan fingerprint density at radius 2 is 2.29 bits per heavy atom. The Morgan fingerprint density at radius 1 is 1.59 bits per heavy atom. The largest absolute Gasteiger partial charge is 0.444 e. The predicted octanol–water partition coefficient (Wildman–Crippen LogP) is 2.21. The van der Waals surface area contributed by atoms with E-state index in [0.29, 0.717) is 0 Å². The lowest BCUT2D eigenvalue weighted by atomic mass is 10.0. The predicted molar refractivity (Wildman–Crippen MR) is 69.0 cm³/mol. The average molecular weight is 240 g/mol. The molecule has 1 unspecified atom stereocenters. The number of hydrogen-bond acceptors (Lipinski definition) is 3. The van der Waals surface area contributed by atoms with Crippen LogP contribution in [0, 0.1) is 0 Å². The van der Waals surface area contributed by atoms with Crippen molar-refractivity contribution in [2.75, 3.05) is 13.1 Å². The first-order chi connectivity index (χ1) is 7.87. The number of carbonyl (C=O) groups is 1. The topological polar surface area (TPSA) is 50.4 Å². The van der Waals surface area contributed by atoms with Gasteiger partial charge in [0.2, 0.25) is 0 Å². The molecule has 0 aromatic carbocycles. The summed E-state index contributed by atoms with van der Waals surface area (Å²) < 4.78 is 5.22. The van der Waals surface area contributed by atoms with Crippen LogP contribution in [0.3, 0.4) is 0 Å². The van der Waals surface area contributed by atoms with Crippen LogP contribution in [0.25, 0.3) is 0 Å². The summed E-state index contributed by atoms with van der Waals surface area (Å²) in [5.41, 5.74) is 0.977. The van der Waals surface area contributed by atoms with Gasteiger partial charge in [0, 0.05) is 12.6 Å². The third-order valence-electron chi connectivity index (χ3n) is 2.49. The van der Waals surface area contributed by atoms with Gasteiger partial charge in [-0.15, -0.1) is 0 Å². The van der Waals surface area contributed by atoms with Crippen molar-refractivity contribution < 1.29 is 9.53 Å². The summed E-state index contributed by atoms with van der Waals surface area (Å²) in [5, 5.41) is 6.13. The summed E-state index contributed by atoms with van der Waals surface area (Å²) in [6.07, 6.45) is 3.84. The lowest BCUT2D eigenvalue weighted by Crippen LogP contribution is -2.38. The maximum Gasteiger partial charge on any atom is 0.407 e. The van der Waals surface area contributed by atoms with Gasteiger partial charge in [-0.1, -0.05) is 11.6 Å². The molecule has 1 rings (SSSR count). The third kappa shape index (κ3) is 6.31. The van der Waals surface area contributed by atoms with E-state index in [4.69, 9.17) is 4.74 Å². The maximum absolute atomic E-state index is 11.5. The Kier molecular flexibility index (Phi) is 5.00. The lowest BCUT2D eigenvalue weighted by Gasteiger charge is -2.23. The minimum Gasteiger partial charge on any atom is -0.444 e. The summed E-state index contributed by atoms with van der Waals surface area (Å²) in [6.45, 7) is 9.58. The van der Waals surface area contributed by atoms with Crippen molar-refractivity contribution in [2.24, 2.45) is 0 Å². The van der Waals surface area contributed by atoms with Gasteiger partial charge in [-0.2, -0.15) is 0 Å². The van der Waals surface area contributed by atoms with E-state index in [1.807, 2.05) is 27.7 Å². The number of ether oxygens (including phenoxy) is 1. The zero-order valence-electron chi connectivity index (χ0n) is 11.3. The second-order valence-electron chi connectivity index (χ2n) is 5.57. The van der Waals surface area contributed by atoms with E-state index in [-0.39, 0.29) is 12.1 Å². The molecule has 0 aromatic heterocycles. The van der Waals surface area contributed by atoms with Gasteiger partial charge in [-0.3, -0.25) is 0 Å². The number of rotatable bonds is 3. The fraction of sp³-hybridized carbons (Fsp3) is 0.769. The molecule has 4 nitrogen and oxygen atoms in total. The molecule has 1 amide bonds. The van der Waals surface area contributed by atoms with Crippen molar-refractivity contribution in [1.29, 1.82) is 0 Å². The Morgan fingerprint density at radius 3 is 2.82 bits per heavy atom. The number of amides is 1. The standard InChI is InChI=1S/C13H24N2O2/c1-10(9-11-5-7-14-8-6-11)15-12(16)17-13(2,3)4/h5,10,14H,6-9H2,1-4H3,(H,15,16). The van der Waals surface area contributed by atoms with E-state index >= 15 is 0 Å². The molecule has 0 radical (unpaired) electrons. The summed E-state index contributed by atoms with van der Waals surface area (Å²) >= 11 is 0. The first-order valence-corrected chi connectivity index (χ1v) is 6.25. The molecule has 4 heteroatoms. The molecule has 0 bridgehead atoms. The number of carbonyl (C=O) groups excluding carboxylic acids is 1. The van der Waals surface area contributed by atoms with Crippen LogP contribution in [0.5, 0.6) is 0 Å². The van der Waals surface area contributed by atoms with Crippen LogP contribution in [0.1, 0.15) is 40.5 Å². The van der Waals surface area contributed by atoms with E-state index in [0.717, 1.165) is 25.9 Å². The average Bonchev–Trinajstić information content (AvgIpc) is 2.15. The number of hydrogen-bond donors (Lipinski definition) is 2. The van der Waals surface area contributed by atoms with Gasteiger partial charge < -0.3 is 15.4 Å². The van der Waals surface area contributed by atoms with E-state index in [1.54, 1.807) is 0 Å². The SMILES string of the molecule is CC(CC1=CCNCC1)NC(=O)OC(C)(C)C. The van der Waals surface area contributed by atoms with Crippen molar-refractivity contribution in [1.82, 2.24) is 10.6 Å². The van der Waals surface area contributed by atoms with Crippen LogP contribution >= 0.6 is 0 Å². The summed E-state index contributed by atoms with van der Waals surface area (Å²) in [5.74, 6) is 0. The van der Waals surface area contributed by atoms with Gasteiger partial charge in [-0.05, 0) is 47.1 Å². The Labute approximate surface area is 104 Å². The van der Waals surface area contributed by atoms with Gasteiger partial charge in [0.15, 0.2) is 0 Å². The molecule has 17 heavy (non-hydrogen) atoms. The molecule has 0 spiro atoms. The molecule has 1 aliphatic rings. The van der Waals surface area contributed by atoms with Crippen LogP contribution in [0.15, 0.2) is 11.6 Å². The molecule has 0 aliphatic carbocycles. The van der Waals surface area contributed by atoms with Crippen molar-refractivity contribution >= 4 is 6.09 Å². The van der Waals surface area contributed by atoms with Gasteiger partial charge in [0.05, 0.1) is 0 Å². The Balaban J connectivity index is 2.31. The van der Waals surface area contributed by atoms with E-state index in [1.165, 1.54) is 5.57 Å². The van der Waals surface area contributed by atoms with Gasteiger partial charge >= 0.3 is 6.09 Å². The fourth-order valence-electron chi connectivity index (χ4n) is 1.81. The third-order valence-corrected chi connectivity index (χ3v) is 2.49. The van der Waals surface area contributed by atoms with Crippen molar-refractivity contribution in [3.05, 3.63) is 11.6 Å². The number of nitrogens with one attached hydrogen (secondary N) is 2. The molecule has 0 saturated heterocycles. The molecule has 2 N–H and O–H groups in total. The molecular formula is C13H24N2O2. The highest BCUT2D eigenvalue weighted by molar-refractivity contribution is 5.68. The van der Waals surface area contributed by atoms with Crippen molar-refractivity contribution in [3.8, 4) is 0 Å². The van der Waals surface area contributed by atoms with Crippen molar-refractivity contribution in [2.45, 2.75) is 52.2 Å². The molecule has 0 aromatic rings. The highest BCUT2D eigenvalue weighted by Gasteiger charge is 2.18. The minimum atomic E-state index is -0.433. The quantitative estimate of drug-likeness (QED) is 0.744. The van der Waals surface area contributed by atoms with E-state index in [2.05, 4.69) is 16.7 Å². The smallest absolute Gasteiger partial charge is 0.407 e. The summed E-state index contributed by atoms with van der Waals surface area (Å²) in [4.78, 5) is 11.5. The van der Waals surface area contributed by atoms with E-state index in [9.17, 15) is 4.79 Å². The monoisotopic (exact) mass is 240 g/mol. The van der Waals surface area contributed by atoms with Gasteiger partial charge in [0.1, 0.15) is 5.60 Å². The van der Waals surface area contributed by atoms with Gasteiger partial charge in [-0.25, -0.2) is 4.79 Å². The molecule has 98 valence electrons. The fourth-order valence-corrected chi connectivity index (χ4v) is 1.81. The Hall–Kier alpha value is -1.03. The summed E-state index contributed by atoms with van der Waals surface area (Å²) in [6, 6.07) is 0.120. The molecule has 1 heterocycles. The van der Waals surface area contributed by atoms with E-state index < -0.39 is 5.60 Å². The second-order valence-corrected chi connectivity index (χ2v) is 5.57. The molecule has 1 atom stereocenters. The molecule has 1 aliphatic heterocycles. The first kappa shape index (κ1) is 14.0. The van der Waals surface area contributed by atoms with Crippen LogP contribution in [0.4, 0.5) is 4.79 Å². The zero-order valence-corrected chi connectivity index (χ0v) is 11.3. The highest BCUT2D eigenvalue weighted by atomic mass is 16.6. The van der Waals surface area contributed by atoms with Crippen molar-refractivity contribution in [3.63, 3.8) is 0 Å². The van der Waals surface area contributed by atoms with Gasteiger partial charge in [0.25, 0.3) is 0 Å². The molecular weight excluding hydrogens is 216 g/mol. The second kappa shape index (κ2) is 6.05. The minimum absolute atomic E-state index is 0.120. The summed E-state index contributed by atoms with van der Waals surface area (Å²) in [7, 11) is 0. The molecule has 0 saturated carbocycles. The lowest BCUT2D eigenvalue weighted by molar-refractivity contribution is 0.0508. The zero-order chi connectivity index (χ0) is 12.9. The Bertz CT molecular complexity index is 292.